The summed E-state index contributed by atoms with van der Waals surface area (Å²) in [4.78, 5) is 20.8. The standard InChI is InChI=1S/C27H36N2O5S/c1-26(2,3)34-28-25(30)19-27(15-17-29(18-16-27)20-21-9-10-21)35(31,32)24-13-11-23(12-14-24)33-22-7-5-4-6-8-22/h4-8,11-14,21H,9-10,15-20H2,1-3H3,(H,28,30). The van der Waals surface area contributed by atoms with Crippen LogP contribution in [-0.2, 0) is 19.5 Å². The molecule has 0 atom stereocenters. The van der Waals surface area contributed by atoms with E-state index in [0.717, 1.165) is 12.5 Å². The number of benzene rings is 2. The molecule has 1 N–H and O–H groups in total. The predicted octanol–water partition coefficient (Wildman–Crippen LogP) is 4.73. The Labute approximate surface area is 208 Å². The Hall–Kier alpha value is -2.42. The maximum Gasteiger partial charge on any atom is 0.245 e. The summed E-state index contributed by atoms with van der Waals surface area (Å²) < 4.78 is 32.6. The summed E-state index contributed by atoms with van der Waals surface area (Å²) in [5, 5.41) is 0. The number of nitrogens with zero attached hydrogens (tertiary/aromatic N) is 1. The third-order valence-electron chi connectivity index (χ3n) is 6.62. The molecule has 1 amide bonds. The fraction of sp³-hybridized carbons (Fsp3) is 0.519. The average molecular weight is 501 g/mol. The van der Waals surface area contributed by atoms with Gasteiger partial charge in [0.05, 0.1) is 15.2 Å². The highest BCUT2D eigenvalue weighted by Gasteiger charge is 2.48. The molecule has 1 saturated carbocycles. The van der Waals surface area contributed by atoms with Crippen molar-refractivity contribution in [3.8, 4) is 11.5 Å². The van der Waals surface area contributed by atoms with E-state index in [1.54, 1.807) is 24.3 Å². The Bertz CT molecular complexity index is 1100. The highest BCUT2D eigenvalue weighted by atomic mass is 32.2. The van der Waals surface area contributed by atoms with Gasteiger partial charge in [-0.2, -0.15) is 0 Å². The summed E-state index contributed by atoms with van der Waals surface area (Å²) in [7, 11) is -3.80. The normalized spacial score (nSPS) is 18.7. The lowest BCUT2D eigenvalue weighted by Crippen LogP contribution is -2.52. The second kappa shape index (κ2) is 10.3. The molecule has 35 heavy (non-hydrogen) atoms. The average Bonchev–Trinajstić information content (AvgIpc) is 3.64. The van der Waals surface area contributed by atoms with Crippen molar-refractivity contribution in [3.63, 3.8) is 0 Å². The molecule has 2 aliphatic rings. The van der Waals surface area contributed by atoms with Crippen LogP contribution < -0.4 is 10.2 Å². The van der Waals surface area contributed by atoms with Gasteiger partial charge in [0.25, 0.3) is 0 Å². The van der Waals surface area contributed by atoms with Crippen molar-refractivity contribution in [2.24, 2.45) is 5.92 Å². The number of hydrogen-bond acceptors (Lipinski definition) is 6. The van der Waals surface area contributed by atoms with E-state index in [1.165, 1.54) is 12.8 Å². The van der Waals surface area contributed by atoms with E-state index < -0.39 is 26.1 Å². The number of hydroxylamine groups is 1. The minimum absolute atomic E-state index is 0.134. The maximum atomic E-state index is 14.0. The zero-order valence-corrected chi connectivity index (χ0v) is 21.6. The van der Waals surface area contributed by atoms with Crippen LogP contribution in [0.3, 0.4) is 0 Å². The zero-order chi connectivity index (χ0) is 25.1. The van der Waals surface area contributed by atoms with Crippen LogP contribution in [0.4, 0.5) is 0 Å². The molecule has 1 heterocycles. The molecule has 8 heteroatoms. The van der Waals surface area contributed by atoms with Gasteiger partial charge in [-0.25, -0.2) is 13.9 Å². The number of likely N-dealkylation sites (tertiary alicyclic amines) is 1. The number of piperidine rings is 1. The topological polar surface area (TPSA) is 84.9 Å². The molecule has 2 fully saturated rings. The molecule has 2 aromatic rings. The summed E-state index contributed by atoms with van der Waals surface area (Å²) in [6.07, 6.45) is 3.19. The Morgan fingerprint density at radius 2 is 1.60 bits per heavy atom. The summed E-state index contributed by atoms with van der Waals surface area (Å²) in [6.45, 7) is 7.83. The van der Waals surface area contributed by atoms with E-state index in [4.69, 9.17) is 9.57 Å². The smallest absolute Gasteiger partial charge is 0.245 e. The van der Waals surface area contributed by atoms with Gasteiger partial charge in [-0.3, -0.25) is 9.63 Å². The minimum atomic E-state index is -3.80. The number of hydrogen-bond donors (Lipinski definition) is 1. The summed E-state index contributed by atoms with van der Waals surface area (Å²) >= 11 is 0. The first-order valence-corrected chi connectivity index (χ1v) is 13.8. The van der Waals surface area contributed by atoms with Crippen LogP contribution in [0.5, 0.6) is 11.5 Å². The Balaban J connectivity index is 1.53. The van der Waals surface area contributed by atoms with Crippen LogP contribution in [0.15, 0.2) is 59.5 Å². The molecule has 4 rings (SSSR count). The molecule has 1 aliphatic carbocycles. The SMILES string of the molecule is CC(C)(C)ONC(=O)CC1(S(=O)(=O)c2ccc(Oc3ccccc3)cc2)CCN(CC2CC2)CC1. The Morgan fingerprint density at radius 3 is 2.17 bits per heavy atom. The van der Waals surface area contributed by atoms with Crippen LogP contribution in [0, 0.1) is 5.92 Å². The summed E-state index contributed by atoms with van der Waals surface area (Å²) in [5.74, 6) is 1.56. The Morgan fingerprint density at radius 1 is 1.00 bits per heavy atom. The lowest BCUT2D eigenvalue weighted by molar-refractivity contribution is -0.146. The molecular weight excluding hydrogens is 464 g/mol. The van der Waals surface area contributed by atoms with E-state index in [1.807, 2.05) is 51.1 Å². The fourth-order valence-corrected chi connectivity index (χ4v) is 6.48. The molecule has 0 radical (unpaired) electrons. The molecule has 190 valence electrons. The van der Waals surface area contributed by atoms with Gasteiger partial charge in [-0.15, -0.1) is 0 Å². The van der Waals surface area contributed by atoms with Crippen molar-refractivity contribution >= 4 is 15.7 Å². The third-order valence-corrected chi connectivity index (χ3v) is 9.20. The first-order chi connectivity index (χ1) is 16.6. The number of nitrogens with one attached hydrogen (secondary N) is 1. The van der Waals surface area contributed by atoms with E-state index >= 15 is 0 Å². The highest BCUT2D eigenvalue weighted by Crippen LogP contribution is 2.40. The van der Waals surface area contributed by atoms with Gasteiger partial charge in [-0.1, -0.05) is 18.2 Å². The highest BCUT2D eigenvalue weighted by molar-refractivity contribution is 7.92. The fourth-order valence-electron chi connectivity index (χ4n) is 4.45. The summed E-state index contributed by atoms with van der Waals surface area (Å²) in [6, 6.07) is 15.8. The molecular formula is C27H36N2O5S. The second-order valence-corrected chi connectivity index (χ2v) is 13.1. The van der Waals surface area contributed by atoms with Gasteiger partial charge in [0.2, 0.25) is 5.91 Å². The number of carbonyl (C=O) groups is 1. The van der Waals surface area contributed by atoms with Crippen molar-refractivity contribution in [1.82, 2.24) is 10.4 Å². The van der Waals surface area contributed by atoms with Gasteiger partial charge < -0.3 is 9.64 Å². The van der Waals surface area contributed by atoms with Crippen LogP contribution in [0.25, 0.3) is 0 Å². The van der Waals surface area contributed by atoms with Gasteiger partial charge >= 0.3 is 0 Å². The van der Waals surface area contributed by atoms with Crippen molar-refractivity contribution in [2.45, 2.75) is 68.1 Å². The molecule has 0 bridgehead atoms. The van der Waals surface area contributed by atoms with Gasteiger partial charge in [0.15, 0.2) is 9.84 Å². The quantitative estimate of drug-likeness (QED) is 0.501. The molecule has 0 aromatic heterocycles. The molecule has 0 unspecified atom stereocenters. The first-order valence-electron chi connectivity index (χ1n) is 12.3. The van der Waals surface area contributed by atoms with Crippen molar-refractivity contribution in [3.05, 3.63) is 54.6 Å². The number of sulfone groups is 1. The van der Waals surface area contributed by atoms with Gasteiger partial charge in [-0.05, 0) is 102 Å². The zero-order valence-electron chi connectivity index (χ0n) is 20.8. The van der Waals surface area contributed by atoms with Crippen molar-refractivity contribution < 1.29 is 22.8 Å². The van der Waals surface area contributed by atoms with E-state index in [0.29, 0.717) is 37.4 Å². The van der Waals surface area contributed by atoms with Crippen LogP contribution in [0.1, 0.15) is 52.9 Å². The lowest BCUT2D eigenvalue weighted by atomic mass is 9.92. The second-order valence-electron chi connectivity index (χ2n) is 10.7. The van der Waals surface area contributed by atoms with E-state index in [2.05, 4.69) is 10.4 Å². The van der Waals surface area contributed by atoms with Gasteiger partial charge in [0, 0.05) is 13.0 Å². The third kappa shape index (κ3) is 6.63. The molecule has 7 nitrogen and oxygen atoms in total. The van der Waals surface area contributed by atoms with Crippen LogP contribution in [-0.4, -0.2) is 49.2 Å². The van der Waals surface area contributed by atoms with Crippen LogP contribution >= 0.6 is 0 Å². The van der Waals surface area contributed by atoms with Crippen molar-refractivity contribution in [2.75, 3.05) is 19.6 Å². The number of amides is 1. The first kappa shape index (κ1) is 25.7. The molecule has 1 saturated heterocycles. The van der Waals surface area contributed by atoms with Gasteiger partial charge in [0.1, 0.15) is 11.5 Å². The predicted molar refractivity (Wildman–Crippen MR) is 135 cm³/mol. The van der Waals surface area contributed by atoms with E-state index in [9.17, 15) is 13.2 Å². The number of ether oxygens (including phenoxy) is 1. The Kier molecular flexibility index (Phi) is 7.54. The molecule has 0 spiro atoms. The maximum absolute atomic E-state index is 14.0. The van der Waals surface area contributed by atoms with Crippen LogP contribution in [0.2, 0.25) is 0 Å². The largest absolute Gasteiger partial charge is 0.457 e. The number of para-hydroxylation sites is 1. The number of carbonyl (C=O) groups excluding carboxylic acids is 1. The molecule has 2 aromatic carbocycles. The van der Waals surface area contributed by atoms with E-state index in [-0.39, 0.29) is 11.3 Å². The number of rotatable bonds is 9. The lowest BCUT2D eigenvalue weighted by Gasteiger charge is -2.41. The minimum Gasteiger partial charge on any atom is -0.457 e. The summed E-state index contributed by atoms with van der Waals surface area (Å²) in [5.41, 5.74) is 1.91. The van der Waals surface area contributed by atoms with Crippen molar-refractivity contribution in [1.29, 1.82) is 0 Å². The molecule has 1 aliphatic heterocycles. The monoisotopic (exact) mass is 500 g/mol.